The summed E-state index contributed by atoms with van der Waals surface area (Å²) in [6.07, 6.45) is 0. The summed E-state index contributed by atoms with van der Waals surface area (Å²) < 4.78 is 38.0. The van der Waals surface area contributed by atoms with Crippen molar-refractivity contribution < 1.29 is 42.5 Å². The third-order valence-electron chi connectivity index (χ3n) is 1.96. The maximum absolute atomic E-state index is 12.9. The number of esters is 2. The lowest BCUT2D eigenvalue weighted by molar-refractivity contribution is -0.777. The van der Waals surface area contributed by atoms with Crippen LogP contribution in [0.25, 0.3) is 0 Å². The summed E-state index contributed by atoms with van der Waals surface area (Å²) in [4.78, 5) is 22.4. The van der Waals surface area contributed by atoms with Gasteiger partial charge >= 0.3 is 17.2 Å². The van der Waals surface area contributed by atoms with E-state index in [9.17, 15) is 23.6 Å². The van der Waals surface area contributed by atoms with Crippen molar-refractivity contribution in [2.75, 3.05) is 13.2 Å². The van der Waals surface area contributed by atoms with Gasteiger partial charge in [0, 0.05) is 0 Å². The summed E-state index contributed by atoms with van der Waals surface area (Å²) in [7, 11) is 0. The van der Waals surface area contributed by atoms with Crippen molar-refractivity contribution in [3.8, 4) is 0 Å². The molecule has 0 aliphatic carbocycles. The van der Waals surface area contributed by atoms with E-state index in [0.29, 0.717) is 0 Å². The summed E-state index contributed by atoms with van der Waals surface area (Å²) in [5, 5.41) is 7.96. The number of alkyl halides is 2. The molecule has 0 spiro atoms. The quantitative estimate of drug-likeness (QED) is 0.228. The van der Waals surface area contributed by atoms with E-state index >= 15 is 0 Å². The molecular formula is C11H9F2O7S-. The molecule has 0 amide bonds. The Labute approximate surface area is 121 Å². The molecule has 0 radical (unpaired) electrons. The van der Waals surface area contributed by atoms with Crippen molar-refractivity contribution in [2.24, 2.45) is 0 Å². The van der Waals surface area contributed by atoms with Crippen molar-refractivity contribution in [2.45, 2.75) is 5.25 Å². The van der Waals surface area contributed by atoms with E-state index in [0.717, 1.165) is 0 Å². The van der Waals surface area contributed by atoms with Gasteiger partial charge in [-0.1, -0.05) is 18.2 Å². The second-order valence-electron chi connectivity index (χ2n) is 3.37. The van der Waals surface area contributed by atoms with Crippen LogP contribution in [0.1, 0.15) is 10.4 Å². The van der Waals surface area contributed by atoms with Crippen molar-refractivity contribution in [3.63, 3.8) is 0 Å². The lowest BCUT2D eigenvalue weighted by Gasteiger charge is -2.14. The minimum Gasteiger partial charge on any atom is -0.691 e. The number of hydrogen-bond donors (Lipinski definition) is 0. The Balaban J connectivity index is 2.28. The fourth-order valence-electron chi connectivity index (χ4n) is 1.10. The van der Waals surface area contributed by atoms with Crippen LogP contribution in [0.5, 0.6) is 0 Å². The zero-order chi connectivity index (χ0) is 15.7. The van der Waals surface area contributed by atoms with Crippen LogP contribution in [-0.4, -0.2) is 30.4 Å². The summed E-state index contributed by atoms with van der Waals surface area (Å²) in [5.74, 6) is -2.64. The van der Waals surface area contributed by atoms with Gasteiger partial charge in [-0.2, -0.15) is 13.1 Å². The summed E-state index contributed by atoms with van der Waals surface area (Å²) in [6, 6.07) is 7.93. The second kappa shape index (κ2) is 8.52. The largest absolute Gasteiger partial charge is 0.691 e. The molecule has 1 rings (SSSR count). The highest BCUT2D eigenvalue weighted by Crippen LogP contribution is 2.30. The van der Waals surface area contributed by atoms with E-state index < -0.39 is 42.4 Å². The minimum atomic E-state index is -4.12. The number of halogens is 2. The average Bonchev–Trinajstić information content (AvgIpc) is 2.50. The Bertz CT molecular complexity index is 469. The molecule has 0 N–H and O–H groups in total. The average molecular weight is 323 g/mol. The molecular weight excluding hydrogens is 314 g/mol. The predicted octanol–water partition coefficient (Wildman–Crippen LogP) is 0.851. The topological polar surface area (TPSA) is 94.1 Å². The predicted molar refractivity (Wildman–Crippen MR) is 62.4 cm³/mol. The monoisotopic (exact) mass is 323 g/mol. The molecule has 0 aliphatic heterocycles. The molecule has 21 heavy (non-hydrogen) atoms. The lowest BCUT2D eigenvalue weighted by Crippen LogP contribution is -2.29. The normalized spacial score (nSPS) is 11.0. The molecule has 0 atom stereocenters. The molecule has 1 aromatic carbocycles. The van der Waals surface area contributed by atoms with Gasteiger partial charge in [0.05, 0.1) is 5.56 Å². The number of hydrogen-bond acceptors (Lipinski definition) is 8. The van der Waals surface area contributed by atoms with Crippen molar-refractivity contribution in [1.82, 2.24) is 0 Å². The fourth-order valence-corrected chi connectivity index (χ4v) is 1.34. The van der Waals surface area contributed by atoms with Crippen LogP contribution in [0.4, 0.5) is 8.78 Å². The summed E-state index contributed by atoms with van der Waals surface area (Å²) in [5.41, 5.74) is 0.269. The van der Waals surface area contributed by atoms with E-state index in [1.54, 1.807) is 18.2 Å². The first-order valence-electron chi connectivity index (χ1n) is 5.39. The van der Waals surface area contributed by atoms with Gasteiger partial charge in [0.2, 0.25) is 0 Å². The fraction of sp³-hybridized carbons (Fsp3) is 0.273. The first kappa shape index (κ1) is 17.3. The van der Waals surface area contributed by atoms with Crippen LogP contribution in [0.15, 0.2) is 30.3 Å². The molecule has 116 valence electrons. The van der Waals surface area contributed by atoms with Gasteiger partial charge in [0.25, 0.3) is 0 Å². The number of rotatable bonds is 8. The summed E-state index contributed by atoms with van der Waals surface area (Å²) >= 11 is -0.802. The van der Waals surface area contributed by atoms with Crippen LogP contribution in [-0.2, 0) is 23.6 Å². The van der Waals surface area contributed by atoms with Gasteiger partial charge in [-0.25, -0.2) is 9.59 Å². The van der Waals surface area contributed by atoms with Gasteiger partial charge in [-0.05, 0) is 12.1 Å². The summed E-state index contributed by atoms with van der Waals surface area (Å²) in [6.45, 7) is -0.981. The van der Waals surface area contributed by atoms with Crippen LogP contribution in [0, 0.1) is 0 Å². The van der Waals surface area contributed by atoms with E-state index in [1.807, 2.05) is 0 Å². The number of carbonyl (C=O) groups excluding carboxylic acids is 2. The Morgan fingerprint density at radius 1 is 1.14 bits per heavy atom. The molecule has 1 aromatic rings. The zero-order valence-corrected chi connectivity index (χ0v) is 11.1. The van der Waals surface area contributed by atoms with Crippen LogP contribution in [0.3, 0.4) is 0 Å². The van der Waals surface area contributed by atoms with E-state index in [-0.39, 0.29) is 5.56 Å². The van der Waals surface area contributed by atoms with Gasteiger partial charge in [0.15, 0.2) is 0 Å². The number of carbonyl (C=O) groups is 2. The van der Waals surface area contributed by atoms with Gasteiger partial charge in [-0.3, -0.25) is 5.04 Å². The van der Waals surface area contributed by atoms with Crippen molar-refractivity contribution in [1.29, 1.82) is 0 Å². The zero-order valence-electron chi connectivity index (χ0n) is 10.3. The standard InChI is InChI=1S/C11H10F2O7S/c12-11(13,21-20-19-16)10(15)18-7-6-17-9(14)8-4-2-1-3-5-8/h1-5,16H,6-7H2/p-1. The second-order valence-corrected chi connectivity index (χ2v) is 4.19. The van der Waals surface area contributed by atoms with Crippen molar-refractivity contribution in [3.05, 3.63) is 35.9 Å². The number of ether oxygens (including phenoxy) is 2. The SMILES string of the molecule is O=C(OCCOC(=O)C(F)(F)SOO[O-])c1ccccc1. The Morgan fingerprint density at radius 3 is 2.38 bits per heavy atom. The smallest absolute Gasteiger partial charge is 0.415 e. The third-order valence-corrected chi connectivity index (χ3v) is 2.46. The number of benzene rings is 1. The van der Waals surface area contributed by atoms with E-state index in [2.05, 4.69) is 14.1 Å². The molecule has 7 nitrogen and oxygen atoms in total. The Hall–Kier alpha value is -1.75. The first-order chi connectivity index (χ1) is 9.97. The molecule has 0 unspecified atom stereocenters. The molecule has 0 fully saturated rings. The van der Waals surface area contributed by atoms with E-state index in [1.165, 1.54) is 12.1 Å². The maximum Gasteiger partial charge on any atom is 0.415 e. The molecule has 0 heterocycles. The first-order valence-corrected chi connectivity index (χ1v) is 6.13. The highest BCUT2D eigenvalue weighted by Gasteiger charge is 2.43. The molecule has 10 heteroatoms. The molecule has 0 saturated heterocycles. The highest BCUT2D eigenvalue weighted by atomic mass is 32.2. The Morgan fingerprint density at radius 2 is 1.76 bits per heavy atom. The van der Waals surface area contributed by atoms with Gasteiger partial charge in [-0.15, -0.1) is 0 Å². The molecule has 0 saturated carbocycles. The molecule has 0 bridgehead atoms. The van der Waals surface area contributed by atoms with Crippen LogP contribution in [0.2, 0.25) is 0 Å². The third kappa shape index (κ3) is 6.04. The lowest BCUT2D eigenvalue weighted by atomic mass is 10.2. The van der Waals surface area contributed by atoms with E-state index in [4.69, 9.17) is 4.74 Å². The minimum absolute atomic E-state index is 0.269. The molecule has 0 aromatic heterocycles. The maximum atomic E-state index is 12.9. The Kier molecular flexibility index (Phi) is 7.02. The van der Waals surface area contributed by atoms with Crippen LogP contribution >= 0.6 is 12.0 Å². The van der Waals surface area contributed by atoms with Crippen molar-refractivity contribution >= 4 is 24.0 Å². The highest BCUT2D eigenvalue weighted by molar-refractivity contribution is 7.96. The van der Waals surface area contributed by atoms with Crippen LogP contribution < -0.4 is 5.26 Å². The molecule has 0 aliphatic rings. The van der Waals surface area contributed by atoms with Gasteiger partial charge in [0.1, 0.15) is 25.3 Å². The van der Waals surface area contributed by atoms with Gasteiger partial charge < -0.3 is 14.7 Å².